The Bertz CT molecular complexity index is 862. The Kier molecular flexibility index (Phi) is 6.19. The zero-order chi connectivity index (χ0) is 19.1. The van der Waals surface area contributed by atoms with E-state index in [9.17, 15) is 0 Å². The van der Waals surface area contributed by atoms with E-state index in [1.54, 1.807) is 13.2 Å². The van der Waals surface area contributed by atoms with Gasteiger partial charge in [-0.05, 0) is 44.0 Å². The van der Waals surface area contributed by atoms with Crippen LogP contribution < -0.4 is 10.6 Å². The molecule has 0 bridgehead atoms. The van der Waals surface area contributed by atoms with E-state index in [1.165, 1.54) is 0 Å². The second-order valence-corrected chi connectivity index (χ2v) is 6.34. The van der Waals surface area contributed by atoms with Gasteiger partial charge in [0.1, 0.15) is 0 Å². The Morgan fingerprint density at radius 1 is 1.22 bits per heavy atom. The zero-order valence-electron chi connectivity index (χ0n) is 16.1. The number of hydrogen-bond donors (Lipinski definition) is 2. The molecule has 0 spiro atoms. The molecule has 0 saturated carbocycles. The highest BCUT2D eigenvalue weighted by Crippen LogP contribution is 2.10. The van der Waals surface area contributed by atoms with Crippen molar-refractivity contribution in [2.45, 2.75) is 33.4 Å². The largest absolute Gasteiger partial charge is 0.356 e. The van der Waals surface area contributed by atoms with Crippen LogP contribution in [-0.4, -0.2) is 44.1 Å². The minimum atomic E-state index is 0.656. The summed E-state index contributed by atoms with van der Waals surface area (Å²) >= 11 is 0. The molecule has 0 unspecified atom stereocenters. The normalized spacial score (nSPS) is 11.6. The molecule has 2 N–H and O–H groups in total. The lowest BCUT2D eigenvalue weighted by molar-refractivity contribution is 0.570. The topological polar surface area (TPSA) is 85.0 Å². The van der Waals surface area contributed by atoms with Crippen LogP contribution in [0.5, 0.6) is 0 Å². The summed E-state index contributed by atoms with van der Waals surface area (Å²) in [6.07, 6.45) is 6.60. The number of rotatable bonds is 7. The molecule has 3 aromatic rings. The Morgan fingerprint density at radius 2 is 2.11 bits per heavy atom. The first-order valence-electron chi connectivity index (χ1n) is 9.06. The van der Waals surface area contributed by atoms with Crippen molar-refractivity contribution in [3.63, 3.8) is 0 Å². The van der Waals surface area contributed by atoms with Gasteiger partial charge in [0.15, 0.2) is 11.8 Å². The van der Waals surface area contributed by atoms with Crippen LogP contribution in [0.15, 0.2) is 47.8 Å². The van der Waals surface area contributed by atoms with Crippen LogP contribution in [0.1, 0.15) is 23.4 Å². The van der Waals surface area contributed by atoms with Crippen LogP contribution in [0.4, 0.5) is 0 Å². The average molecular weight is 366 g/mol. The quantitative estimate of drug-likeness (QED) is 0.379. The van der Waals surface area contributed by atoms with E-state index in [1.807, 2.05) is 53.8 Å². The molecule has 0 aliphatic carbocycles. The Hall–Kier alpha value is -3.16. The summed E-state index contributed by atoms with van der Waals surface area (Å²) in [5.74, 6) is 1.60. The highest BCUT2D eigenvalue weighted by molar-refractivity contribution is 5.79. The minimum Gasteiger partial charge on any atom is -0.356 e. The molecule has 8 nitrogen and oxygen atoms in total. The number of aliphatic imine (C=N–C) groups is 1. The van der Waals surface area contributed by atoms with Crippen LogP contribution in [0.2, 0.25) is 0 Å². The summed E-state index contributed by atoms with van der Waals surface area (Å²) in [5, 5.41) is 15.3. The number of pyridine rings is 1. The van der Waals surface area contributed by atoms with Crippen molar-refractivity contribution in [1.29, 1.82) is 0 Å². The Balaban J connectivity index is 1.46. The summed E-state index contributed by atoms with van der Waals surface area (Å²) < 4.78 is 3.78. The van der Waals surface area contributed by atoms with Gasteiger partial charge in [0.2, 0.25) is 0 Å². The van der Waals surface area contributed by atoms with E-state index in [4.69, 9.17) is 0 Å². The van der Waals surface area contributed by atoms with E-state index in [-0.39, 0.29) is 0 Å². The van der Waals surface area contributed by atoms with Crippen LogP contribution in [0, 0.1) is 13.8 Å². The van der Waals surface area contributed by atoms with Crippen LogP contribution in [0.25, 0.3) is 5.82 Å². The third kappa shape index (κ3) is 5.16. The molecule has 0 aromatic carbocycles. The molecule has 0 saturated heterocycles. The summed E-state index contributed by atoms with van der Waals surface area (Å²) in [6.45, 7) is 6.38. The summed E-state index contributed by atoms with van der Waals surface area (Å²) in [5.41, 5.74) is 3.15. The van der Waals surface area contributed by atoms with Gasteiger partial charge in [-0.15, -0.1) is 0 Å². The first-order chi connectivity index (χ1) is 13.2. The number of aromatic nitrogens is 5. The van der Waals surface area contributed by atoms with Gasteiger partial charge >= 0.3 is 0 Å². The van der Waals surface area contributed by atoms with Crippen molar-refractivity contribution < 1.29 is 0 Å². The predicted molar refractivity (Wildman–Crippen MR) is 106 cm³/mol. The fourth-order valence-corrected chi connectivity index (χ4v) is 2.79. The van der Waals surface area contributed by atoms with Crippen LogP contribution >= 0.6 is 0 Å². The van der Waals surface area contributed by atoms with Crippen LogP contribution in [0.3, 0.4) is 0 Å². The van der Waals surface area contributed by atoms with E-state index < -0.39 is 0 Å². The maximum Gasteiger partial charge on any atom is 0.191 e. The molecule has 0 radical (unpaired) electrons. The van der Waals surface area contributed by atoms with Gasteiger partial charge in [0.25, 0.3) is 0 Å². The van der Waals surface area contributed by atoms with Crippen molar-refractivity contribution in [2.75, 3.05) is 13.6 Å². The molecular formula is C19H26N8. The standard InChI is InChI=1S/C19H26N8/c1-15-12-16(2)27(25-15)18-7-6-17(13-22-18)14-23-19(20-3)21-8-4-10-26-11-5-9-24-26/h5-7,9,11-13H,4,8,10,14H2,1-3H3,(H2,20,21,23). The molecule has 0 amide bonds. The van der Waals surface area contributed by atoms with E-state index >= 15 is 0 Å². The molecule has 0 atom stereocenters. The SMILES string of the molecule is CN=C(NCCCn1cccn1)NCc1ccc(-n2nc(C)cc2C)nc1. The lowest BCUT2D eigenvalue weighted by Gasteiger charge is -2.12. The molecule has 8 heteroatoms. The first-order valence-corrected chi connectivity index (χ1v) is 9.06. The third-order valence-electron chi connectivity index (χ3n) is 4.13. The number of nitrogens with zero attached hydrogens (tertiary/aromatic N) is 6. The second-order valence-electron chi connectivity index (χ2n) is 6.34. The van der Waals surface area contributed by atoms with Crippen molar-refractivity contribution in [2.24, 2.45) is 4.99 Å². The van der Waals surface area contributed by atoms with Gasteiger partial charge in [-0.1, -0.05) is 6.07 Å². The van der Waals surface area contributed by atoms with E-state index in [0.717, 1.165) is 48.2 Å². The van der Waals surface area contributed by atoms with Gasteiger partial charge in [0.05, 0.1) is 5.69 Å². The monoisotopic (exact) mass is 366 g/mol. The lowest BCUT2D eigenvalue weighted by atomic mass is 10.3. The van der Waals surface area contributed by atoms with Crippen molar-refractivity contribution in [1.82, 2.24) is 35.2 Å². The fraction of sp³-hybridized carbons (Fsp3) is 0.368. The van der Waals surface area contributed by atoms with Gasteiger partial charge in [0, 0.05) is 51.0 Å². The highest BCUT2D eigenvalue weighted by atomic mass is 15.3. The predicted octanol–water partition coefficient (Wildman–Crippen LogP) is 1.84. The molecule has 3 aromatic heterocycles. The van der Waals surface area contributed by atoms with E-state index in [2.05, 4.69) is 36.9 Å². The zero-order valence-corrected chi connectivity index (χ0v) is 16.1. The second kappa shape index (κ2) is 8.98. The van der Waals surface area contributed by atoms with Gasteiger partial charge in [-0.3, -0.25) is 9.67 Å². The van der Waals surface area contributed by atoms with Gasteiger partial charge in [-0.2, -0.15) is 10.2 Å². The number of aryl methyl sites for hydroxylation is 3. The molecule has 0 aliphatic rings. The third-order valence-corrected chi connectivity index (χ3v) is 4.13. The Labute approximate surface area is 159 Å². The fourth-order valence-electron chi connectivity index (χ4n) is 2.79. The van der Waals surface area contributed by atoms with E-state index in [0.29, 0.717) is 6.54 Å². The summed E-state index contributed by atoms with van der Waals surface area (Å²) in [6, 6.07) is 8.01. The molecule has 27 heavy (non-hydrogen) atoms. The maximum absolute atomic E-state index is 4.52. The number of hydrogen-bond acceptors (Lipinski definition) is 4. The van der Waals surface area contributed by atoms with Crippen molar-refractivity contribution >= 4 is 5.96 Å². The first kappa shape index (κ1) is 18.6. The number of nitrogens with one attached hydrogen (secondary N) is 2. The Morgan fingerprint density at radius 3 is 2.74 bits per heavy atom. The summed E-state index contributed by atoms with van der Waals surface area (Å²) in [7, 11) is 1.77. The molecule has 0 aliphatic heterocycles. The van der Waals surface area contributed by atoms with Crippen molar-refractivity contribution in [3.05, 3.63) is 59.8 Å². The van der Waals surface area contributed by atoms with Gasteiger partial charge in [-0.25, -0.2) is 9.67 Å². The van der Waals surface area contributed by atoms with Crippen molar-refractivity contribution in [3.8, 4) is 5.82 Å². The average Bonchev–Trinajstić information content (AvgIpc) is 3.31. The minimum absolute atomic E-state index is 0.656. The molecule has 3 heterocycles. The summed E-state index contributed by atoms with van der Waals surface area (Å²) in [4.78, 5) is 8.78. The van der Waals surface area contributed by atoms with Gasteiger partial charge < -0.3 is 10.6 Å². The molecule has 0 fully saturated rings. The number of guanidine groups is 1. The lowest BCUT2D eigenvalue weighted by Crippen LogP contribution is -2.37. The van der Waals surface area contributed by atoms with Crippen LogP contribution in [-0.2, 0) is 13.1 Å². The molecular weight excluding hydrogens is 340 g/mol. The molecule has 3 rings (SSSR count). The maximum atomic E-state index is 4.52. The smallest absolute Gasteiger partial charge is 0.191 e. The molecule has 142 valence electrons. The highest BCUT2D eigenvalue weighted by Gasteiger charge is 2.05.